The maximum Gasteiger partial charge on any atom is 0.266 e. The van der Waals surface area contributed by atoms with E-state index in [4.69, 9.17) is 32.7 Å². The zero-order chi connectivity index (χ0) is 18.0. The minimum Gasteiger partial charge on any atom is -0.454 e. The first-order valence-electron chi connectivity index (χ1n) is 6.96. The van der Waals surface area contributed by atoms with Gasteiger partial charge in [-0.1, -0.05) is 45.2 Å². The molecule has 0 radical (unpaired) electrons. The van der Waals surface area contributed by atoms with Gasteiger partial charge in [-0.3, -0.25) is 4.79 Å². The predicted octanol–water partition coefficient (Wildman–Crippen LogP) is 5.03. The molecule has 1 aliphatic heterocycles. The number of rotatable bonds is 3. The smallest absolute Gasteiger partial charge is 0.266 e. The van der Waals surface area contributed by atoms with Gasteiger partial charge in [-0.2, -0.15) is 5.26 Å². The third-order valence-corrected chi connectivity index (χ3v) is 4.67. The lowest BCUT2D eigenvalue weighted by atomic mass is 10.1. The van der Waals surface area contributed by atoms with Crippen LogP contribution in [0.3, 0.4) is 0 Å². The molecule has 2 aromatic carbocycles. The maximum atomic E-state index is 12.4. The van der Waals surface area contributed by atoms with Crippen molar-refractivity contribution in [3.05, 3.63) is 56.0 Å². The summed E-state index contributed by atoms with van der Waals surface area (Å²) in [5.41, 5.74) is 0.735. The number of anilines is 1. The number of para-hydroxylation sites is 1. The number of amides is 1. The Morgan fingerprint density at radius 2 is 1.88 bits per heavy atom. The maximum absolute atomic E-state index is 12.4. The van der Waals surface area contributed by atoms with Crippen LogP contribution in [-0.2, 0) is 4.79 Å². The molecule has 1 N–H and O–H groups in total. The molecule has 126 valence electrons. The highest BCUT2D eigenvalue weighted by Crippen LogP contribution is 2.38. The van der Waals surface area contributed by atoms with Crippen molar-refractivity contribution in [2.45, 2.75) is 0 Å². The van der Waals surface area contributed by atoms with Crippen molar-refractivity contribution < 1.29 is 14.3 Å². The van der Waals surface area contributed by atoms with Gasteiger partial charge in [0.2, 0.25) is 6.79 Å². The number of nitrogens with zero attached hydrogens (tertiary/aromatic N) is 1. The number of hydrogen-bond donors (Lipinski definition) is 1. The molecule has 2 aromatic rings. The topological polar surface area (TPSA) is 71.3 Å². The molecular weight excluding hydrogens is 431 g/mol. The second-order valence-electron chi connectivity index (χ2n) is 4.95. The van der Waals surface area contributed by atoms with E-state index in [1.54, 1.807) is 30.3 Å². The molecule has 1 aliphatic rings. The van der Waals surface area contributed by atoms with Gasteiger partial charge in [0, 0.05) is 4.47 Å². The lowest BCUT2D eigenvalue weighted by Crippen LogP contribution is -2.14. The summed E-state index contributed by atoms with van der Waals surface area (Å²) >= 11 is 15.4. The summed E-state index contributed by atoms with van der Waals surface area (Å²) in [5, 5.41) is 12.5. The lowest BCUT2D eigenvalue weighted by molar-refractivity contribution is -0.112. The molecule has 0 bridgehead atoms. The Labute approximate surface area is 161 Å². The van der Waals surface area contributed by atoms with E-state index >= 15 is 0 Å². The molecule has 0 spiro atoms. The third kappa shape index (κ3) is 3.74. The summed E-state index contributed by atoms with van der Waals surface area (Å²) in [4.78, 5) is 12.4. The summed E-state index contributed by atoms with van der Waals surface area (Å²) in [7, 11) is 0. The fourth-order valence-corrected chi connectivity index (χ4v) is 3.07. The Morgan fingerprint density at radius 3 is 2.52 bits per heavy atom. The second-order valence-corrected chi connectivity index (χ2v) is 6.62. The summed E-state index contributed by atoms with van der Waals surface area (Å²) in [5.74, 6) is 0.512. The molecule has 8 heteroatoms. The van der Waals surface area contributed by atoms with E-state index in [-0.39, 0.29) is 28.1 Å². The lowest BCUT2D eigenvalue weighted by Gasteiger charge is -2.09. The van der Waals surface area contributed by atoms with Crippen molar-refractivity contribution in [2.24, 2.45) is 0 Å². The van der Waals surface area contributed by atoms with Crippen LogP contribution >= 0.6 is 39.1 Å². The van der Waals surface area contributed by atoms with Crippen molar-refractivity contribution in [3.63, 3.8) is 0 Å². The van der Waals surface area contributed by atoms with Gasteiger partial charge >= 0.3 is 0 Å². The van der Waals surface area contributed by atoms with Gasteiger partial charge < -0.3 is 14.8 Å². The van der Waals surface area contributed by atoms with Gasteiger partial charge in [0.15, 0.2) is 11.5 Å². The number of nitriles is 1. The number of carbonyl (C=O) groups is 1. The number of nitrogens with one attached hydrogen (secondary N) is 1. The van der Waals surface area contributed by atoms with Crippen LogP contribution in [0.5, 0.6) is 11.5 Å². The largest absolute Gasteiger partial charge is 0.454 e. The van der Waals surface area contributed by atoms with Crippen molar-refractivity contribution in [2.75, 3.05) is 12.1 Å². The van der Waals surface area contributed by atoms with Crippen LogP contribution in [0.25, 0.3) is 6.08 Å². The average Bonchev–Trinajstić information content (AvgIpc) is 3.02. The first-order chi connectivity index (χ1) is 12.0. The molecule has 1 heterocycles. The van der Waals surface area contributed by atoms with Gasteiger partial charge in [0.25, 0.3) is 5.91 Å². The van der Waals surface area contributed by atoms with Gasteiger partial charge in [0.1, 0.15) is 11.6 Å². The molecule has 0 aliphatic carbocycles. The SMILES string of the molecule is N#C/C(=C\c1cc2c(cc1Br)OCO2)C(=O)Nc1c(Cl)cccc1Cl. The average molecular weight is 440 g/mol. The molecule has 0 fully saturated rings. The molecule has 0 saturated heterocycles. The molecule has 0 aromatic heterocycles. The van der Waals surface area contributed by atoms with E-state index < -0.39 is 5.91 Å². The predicted molar refractivity (Wildman–Crippen MR) is 98.9 cm³/mol. The van der Waals surface area contributed by atoms with Gasteiger partial charge in [-0.15, -0.1) is 0 Å². The van der Waals surface area contributed by atoms with Gasteiger partial charge in [0.05, 0.1) is 15.7 Å². The highest BCUT2D eigenvalue weighted by atomic mass is 79.9. The third-order valence-electron chi connectivity index (χ3n) is 3.36. The van der Waals surface area contributed by atoms with Crippen molar-refractivity contribution >= 4 is 56.8 Å². The minimum absolute atomic E-state index is 0.115. The zero-order valence-corrected chi connectivity index (χ0v) is 15.6. The highest BCUT2D eigenvalue weighted by molar-refractivity contribution is 9.10. The first kappa shape index (κ1) is 17.6. The molecular formula is C17H9BrCl2N2O3. The van der Waals surface area contributed by atoms with Crippen LogP contribution in [0.1, 0.15) is 5.56 Å². The molecule has 1 amide bonds. The summed E-state index contributed by atoms with van der Waals surface area (Å²) in [6.07, 6.45) is 1.44. The van der Waals surface area contributed by atoms with Crippen LogP contribution in [0.4, 0.5) is 5.69 Å². The van der Waals surface area contributed by atoms with E-state index in [0.29, 0.717) is 21.5 Å². The fourth-order valence-electron chi connectivity index (χ4n) is 2.15. The number of fused-ring (bicyclic) bond motifs is 1. The van der Waals surface area contributed by atoms with Gasteiger partial charge in [-0.25, -0.2) is 0 Å². The molecule has 25 heavy (non-hydrogen) atoms. The van der Waals surface area contributed by atoms with Crippen LogP contribution in [-0.4, -0.2) is 12.7 Å². The van der Waals surface area contributed by atoms with Crippen LogP contribution in [0.15, 0.2) is 40.4 Å². The molecule has 5 nitrogen and oxygen atoms in total. The molecule has 0 saturated carbocycles. The Kier molecular flexibility index (Phi) is 5.19. The van der Waals surface area contributed by atoms with Crippen LogP contribution in [0, 0.1) is 11.3 Å². The Hall–Kier alpha value is -2.20. The fraction of sp³-hybridized carbons (Fsp3) is 0.0588. The Morgan fingerprint density at radius 1 is 1.24 bits per heavy atom. The van der Waals surface area contributed by atoms with Crippen molar-refractivity contribution in [1.29, 1.82) is 5.26 Å². The van der Waals surface area contributed by atoms with E-state index in [9.17, 15) is 10.1 Å². The van der Waals surface area contributed by atoms with E-state index in [0.717, 1.165) is 0 Å². The number of halogens is 3. The number of hydrogen-bond acceptors (Lipinski definition) is 4. The Balaban J connectivity index is 1.91. The minimum atomic E-state index is -0.623. The van der Waals surface area contributed by atoms with Crippen LogP contribution < -0.4 is 14.8 Å². The van der Waals surface area contributed by atoms with Gasteiger partial charge in [-0.05, 0) is 35.9 Å². The number of carbonyl (C=O) groups excluding carboxylic acids is 1. The normalized spacial score (nSPS) is 12.6. The zero-order valence-electron chi connectivity index (χ0n) is 12.5. The summed E-state index contributed by atoms with van der Waals surface area (Å²) < 4.78 is 11.2. The monoisotopic (exact) mass is 438 g/mol. The quantitative estimate of drug-likeness (QED) is 0.537. The molecule has 0 atom stereocenters. The standard InChI is InChI=1S/C17H9BrCl2N2O3/c18-11-6-15-14(24-8-25-15)5-9(11)4-10(7-21)17(23)22-16-12(19)2-1-3-13(16)20/h1-6H,8H2,(H,22,23)/b10-4+. The van der Waals surface area contributed by atoms with E-state index in [1.807, 2.05) is 6.07 Å². The highest BCUT2D eigenvalue weighted by Gasteiger charge is 2.18. The summed E-state index contributed by atoms with van der Waals surface area (Å²) in [6.45, 7) is 0.130. The summed E-state index contributed by atoms with van der Waals surface area (Å²) in [6, 6.07) is 10.1. The Bertz CT molecular complexity index is 918. The van der Waals surface area contributed by atoms with Crippen LogP contribution in [0.2, 0.25) is 10.0 Å². The number of ether oxygens (including phenoxy) is 2. The van der Waals surface area contributed by atoms with Crippen molar-refractivity contribution in [1.82, 2.24) is 0 Å². The molecule has 0 unspecified atom stereocenters. The van der Waals surface area contributed by atoms with E-state index in [1.165, 1.54) is 6.08 Å². The molecule has 3 rings (SSSR count). The second kappa shape index (κ2) is 7.36. The first-order valence-corrected chi connectivity index (χ1v) is 8.51. The number of benzene rings is 2. The van der Waals surface area contributed by atoms with Crippen molar-refractivity contribution in [3.8, 4) is 17.6 Å². The van der Waals surface area contributed by atoms with E-state index in [2.05, 4.69) is 21.2 Å².